The van der Waals surface area contributed by atoms with Gasteiger partial charge in [-0.15, -0.1) is 21.5 Å². The van der Waals surface area contributed by atoms with E-state index in [0.29, 0.717) is 15.6 Å². The maximum absolute atomic E-state index is 13.1. The van der Waals surface area contributed by atoms with Gasteiger partial charge in [0.2, 0.25) is 10.9 Å². The van der Waals surface area contributed by atoms with E-state index in [1.807, 2.05) is 43.3 Å². The van der Waals surface area contributed by atoms with E-state index in [-0.39, 0.29) is 11.4 Å². The van der Waals surface area contributed by atoms with E-state index < -0.39 is 17.7 Å². The molecular weight excluding hydrogens is 396 g/mol. The number of carbonyl (C=O) groups is 2. The highest BCUT2D eigenvalue weighted by atomic mass is 32.1. The summed E-state index contributed by atoms with van der Waals surface area (Å²) in [5.74, 6) is -1.57. The third kappa shape index (κ3) is 2.98. The lowest BCUT2D eigenvalue weighted by Crippen LogP contribution is -2.31. The van der Waals surface area contributed by atoms with Crippen molar-refractivity contribution in [3.63, 3.8) is 0 Å². The predicted molar refractivity (Wildman–Crippen MR) is 109 cm³/mol. The highest BCUT2D eigenvalue weighted by Crippen LogP contribution is 2.42. The largest absolute Gasteiger partial charge is 0.503 e. The number of aromatic nitrogens is 2. The van der Waals surface area contributed by atoms with Crippen molar-refractivity contribution in [1.82, 2.24) is 10.2 Å². The van der Waals surface area contributed by atoms with Crippen LogP contribution in [0.1, 0.15) is 21.3 Å². The first-order chi connectivity index (χ1) is 13.5. The zero-order chi connectivity index (χ0) is 19.8. The van der Waals surface area contributed by atoms with Crippen LogP contribution in [0.25, 0.3) is 0 Å². The Morgan fingerprint density at radius 2 is 1.93 bits per heavy atom. The molecular formula is C19H16N4O3S2. The first-order valence-electron chi connectivity index (χ1n) is 8.37. The van der Waals surface area contributed by atoms with Crippen LogP contribution < -0.4 is 9.80 Å². The van der Waals surface area contributed by atoms with Crippen molar-refractivity contribution in [2.75, 3.05) is 23.9 Å². The molecule has 142 valence electrons. The highest BCUT2D eigenvalue weighted by molar-refractivity contribution is 7.13. The number of ketones is 1. The summed E-state index contributed by atoms with van der Waals surface area (Å²) in [6.45, 7) is 0. The average molecular weight is 412 g/mol. The predicted octanol–water partition coefficient (Wildman–Crippen LogP) is 3.45. The summed E-state index contributed by atoms with van der Waals surface area (Å²) in [7, 11) is 3.86. The van der Waals surface area contributed by atoms with Crippen molar-refractivity contribution in [2.24, 2.45) is 0 Å². The summed E-state index contributed by atoms with van der Waals surface area (Å²) < 4.78 is 0. The smallest absolute Gasteiger partial charge is 0.296 e. The number of carbonyl (C=O) groups excluding carboxylic acids is 2. The van der Waals surface area contributed by atoms with Gasteiger partial charge in [0.25, 0.3) is 5.91 Å². The zero-order valence-electron chi connectivity index (χ0n) is 15.1. The highest BCUT2D eigenvalue weighted by Gasteiger charge is 2.46. The summed E-state index contributed by atoms with van der Waals surface area (Å²) in [4.78, 5) is 29.7. The van der Waals surface area contributed by atoms with E-state index in [1.165, 1.54) is 33.1 Å². The fraction of sp³-hybridized carbons (Fsp3) is 0.158. The second-order valence-electron chi connectivity index (χ2n) is 6.35. The third-order valence-corrected chi connectivity index (χ3v) is 6.04. The molecule has 3 aromatic rings. The number of aliphatic hydroxyl groups excluding tert-OH is 1. The molecule has 0 radical (unpaired) electrons. The first kappa shape index (κ1) is 18.3. The number of hydrogen-bond acceptors (Lipinski definition) is 8. The number of anilines is 2. The zero-order valence-corrected chi connectivity index (χ0v) is 16.7. The topological polar surface area (TPSA) is 86.6 Å². The van der Waals surface area contributed by atoms with Crippen LogP contribution in [0, 0.1) is 0 Å². The second-order valence-corrected chi connectivity index (χ2v) is 8.11. The number of nitrogens with zero attached hydrogens (tertiary/aromatic N) is 4. The van der Waals surface area contributed by atoms with E-state index in [4.69, 9.17) is 0 Å². The van der Waals surface area contributed by atoms with Gasteiger partial charge in [-0.25, -0.2) is 0 Å². The molecule has 28 heavy (non-hydrogen) atoms. The van der Waals surface area contributed by atoms with Gasteiger partial charge in [-0.05, 0) is 29.1 Å². The molecule has 2 aromatic heterocycles. The van der Waals surface area contributed by atoms with Crippen LogP contribution in [0.15, 0.2) is 58.6 Å². The molecule has 1 aromatic carbocycles. The minimum Gasteiger partial charge on any atom is -0.503 e. The van der Waals surface area contributed by atoms with E-state index in [1.54, 1.807) is 17.5 Å². The molecule has 4 rings (SSSR count). The Hall–Kier alpha value is -3.04. The Morgan fingerprint density at radius 1 is 1.18 bits per heavy atom. The lowest BCUT2D eigenvalue weighted by Gasteiger charge is -2.24. The Balaban J connectivity index is 1.85. The van der Waals surface area contributed by atoms with Gasteiger partial charge in [0, 0.05) is 19.8 Å². The van der Waals surface area contributed by atoms with Gasteiger partial charge in [-0.2, -0.15) is 0 Å². The average Bonchev–Trinajstić information content (AvgIpc) is 3.43. The number of rotatable bonds is 5. The molecule has 1 N–H and O–H groups in total. The van der Waals surface area contributed by atoms with Crippen LogP contribution in [0.4, 0.5) is 10.8 Å². The molecule has 0 spiro atoms. The minimum absolute atomic E-state index is 0.0558. The van der Waals surface area contributed by atoms with Gasteiger partial charge in [-0.1, -0.05) is 29.5 Å². The van der Waals surface area contributed by atoms with Crippen LogP contribution in [0.5, 0.6) is 0 Å². The number of aliphatic hydroxyl groups is 1. The van der Waals surface area contributed by atoms with E-state index in [2.05, 4.69) is 10.2 Å². The Labute approximate surface area is 169 Å². The summed E-state index contributed by atoms with van der Waals surface area (Å²) in [5.41, 5.74) is 3.25. The van der Waals surface area contributed by atoms with Crippen molar-refractivity contribution in [1.29, 1.82) is 0 Å². The fourth-order valence-corrected chi connectivity index (χ4v) is 4.38. The van der Waals surface area contributed by atoms with Gasteiger partial charge < -0.3 is 10.0 Å². The van der Waals surface area contributed by atoms with Gasteiger partial charge in [0.05, 0.1) is 16.5 Å². The van der Waals surface area contributed by atoms with Gasteiger partial charge in [-0.3, -0.25) is 14.5 Å². The van der Waals surface area contributed by atoms with Gasteiger partial charge in [0.1, 0.15) is 5.51 Å². The normalized spacial score (nSPS) is 16.7. The quantitative estimate of drug-likeness (QED) is 0.646. The van der Waals surface area contributed by atoms with Gasteiger partial charge in [0.15, 0.2) is 5.76 Å². The number of benzene rings is 1. The standard InChI is InChI=1S/C19H16N4O3S2/c1-22(2)12-7-5-11(6-8-12)15-14(16(24)13-4-3-9-27-13)17(25)18(26)23(15)19-21-20-10-28-19/h3-10,15,25H,1-2H3. The molecule has 1 aliphatic heterocycles. The van der Waals surface area contributed by atoms with Crippen molar-refractivity contribution < 1.29 is 14.7 Å². The third-order valence-electron chi connectivity index (χ3n) is 4.48. The minimum atomic E-state index is -0.772. The maximum atomic E-state index is 13.1. The monoisotopic (exact) mass is 412 g/mol. The van der Waals surface area contributed by atoms with Crippen LogP contribution >= 0.6 is 22.7 Å². The van der Waals surface area contributed by atoms with Crippen molar-refractivity contribution >= 4 is 45.2 Å². The number of Topliss-reactive ketones (excluding diaryl/α,β-unsaturated/α-hetero) is 1. The summed E-state index contributed by atoms with van der Waals surface area (Å²) >= 11 is 2.44. The summed E-state index contributed by atoms with van der Waals surface area (Å²) in [6.07, 6.45) is 0. The number of amides is 1. The van der Waals surface area contributed by atoms with Crippen LogP contribution in [0.2, 0.25) is 0 Å². The first-order valence-corrected chi connectivity index (χ1v) is 10.1. The van der Waals surface area contributed by atoms with E-state index >= 15 is 0 Å². The van der Waals surface area contributed by atoms with E-state index in [9.17, 15) is 14.7 Å². The fourth-order valence-electron chi connectivity index (χ4n) is 3.12. The SMILES string of the molecule is CN(C)c1ccc(C2C(C(=O)c3cccs3)=C(O)C(=O)N2c2nncs2)cc1. The molecule has 9 heteroatoms. The molecule has 1 amide bonds. The molecule has 7 nitrogen and oxygen atoms in total. The van der Waals surface area contributed by atoms with Gasteiger partial charge >= 0.3 is 0 Å². The Morgan fingerprint density at radius 3 is 2.50 bits per heavy atom. The number of thiophene rings is 1. The molecule has 1 atom stereocenters. The van der Waals surface area contributed by atoms with Crippen LogP contribution in [-0.4, -0.2) is 41.1 Å². The maximum Gasteiger partial charge on any atom is 0.296 e. The van der Waals surface area contributed by atoms with Crippen LogP contribution in [0.3, 0.4) is 0 Å². The molecule has 1 aliphatic rings. The summed E-state index contributed by atoms with van der Waals surface area (Å²) in [6, 6.07) is 10.2. The lowest BCUT2D eigenvalue weighted by molar-refractivity contribution is -0.117. The molecule has 0 bridgehead atoms. The Kier molecular flexibility index (Phi) is 4.70. The molecule has 0 aliphatic carbocycles. The second kappa shape index (κ2) is 7.17. The molecule has 1 unspecified atom stereocenters. The van der Waals surface area contributed by atoms with E-state index in [0.717, 1.165) is 5.69 Å². The van der Waals surface area contributed by atoms with Crippen LogP contribution in [-0.2, 0) is 4.79 Å². The molecule has 0 fully saturated rings. The number of hydrogen-bond donors (Lipinski definition) is 1. The Bertz CT molecular complexity index is 1040. The molecule has 3 heterocycles. The lowest BCUT2D eigenvalue weighted by atomic mass is 9.95. The van der Waals surface area contributed by atoms with Crippen molar-refractivity contribution in [2.45, 2.75) is 6.04 Å². The molecule has 0 saturated carbocycles. The van der Waals surface area contributed by atoms with Crippen molar-refractivity contribution in [3.8, 4) is 0 Å². The molecule has 0 saturated heterocycles. The van der Waals surface area contributed by atoms with Crippen molar-refractivity contribution in [3.05, 3.63) is 69.1 Å². The summed E-state index contributed by atoms with van der Waals surface area (Å²) in [5, 5.41) is 20.5.